The highest BCUT2D eigenvalue weighted by atomic mass is 35.5. The second-order valence-electron chi connectivity index (χ2n) is 6.43. The van der Waals surface area contributed by atoms with Gasteiger partial charge in [0.2, 0.25) is 0 Å². The van der Waals surface area contributed by atoms with Crippen LogP contribution in [-0.4, -0.2) is 19.4 Å². The van der Waals surface area contributed by atoms with E-state index in [1.165, 1.54) is 11.4 Å². The minimum atomic E-state index is -4.10. The molecule has 1 N–H and O–H groups in total. The Balaban J connectivity index is 1.91. The van der Waals surface area contributed by atoms with E-state index in [9.17, 15) is 13.2 Å². The second-order valence-corrected chi connectivity index (χ2v) is 9.38. The number of rotatable bonds is 6. The molecule has 0 spiro atoms. The monoisotopic (exact) mass is 449 g/mol. The first kappa shape index (κ1) is 21.0. The third kappa shape index (κ3) is 4.19. The van der Waals surface area contributed by atoms with Gasteiger partial charge in [-0.1, -0.05) is 16.8 Å². The summed E-state index contributed by atoms with van der Waals surface area (Å²) in [4.78, 5) is 12.9. The first-order valence-corrected chi connectivity index (χ1v) is 11.1. The molecule has 0 bridgehead atoms. The molecule has 3 aromatic rings. The zero-order chi connectivity index (χ0) is 21.3. The van der Waals surface area contributed by atoms with Crippen molar-refractivity contribution in [3.05, 3.63) is 61.4 Å². The van der Waals surface area contributed by atoms with Crippen molar-refractivity contribution in [3.8, 4) is 6.07 Å². The van der Waals surface area contributed by atoms with Gasteiger partial charge in [0, 0.05) is 6.42 Å². The average molecular weight is 450 g/mol. The molecule has 2 heterocycles. The number of thiophene rings is 1. The minimum absolute atomic E-state index is 0.0224. The molecule has 0 saturated carbocycles. The van der Waals surface area contributed by atoms with Crippen molar-refractivity contribution in [1.29, 1.82) is 5.26 Å². The van der Waals surface area contributed by atoms with Crippen molar-refractivity contribution in [2.45, 2.75) is 32.1 Å². The number of nitrogens with zero attached hydrogens (tertiary/aromatic N) is 2. The predicted molar refractivity (Wildman–Crippen MR) is 110 cm³/mol. The Labute approximate surface area is 177 Å². The maximum Gasteiger partial charge on any atom is 0.265 e. The fourth-order valence-corrected chi connectivity index (χ4v) is 5.45. The predicted octanol–water partition coefficient (Wildman–Crippen LogP) is 4.41. The van der Waals surface area contributed by atoms with Gasteiger partial charge in [0.05, 0.1) is 16.5 Å². The van der Waals surface area contributed by atoms with Crippen molar-refractivity contribution in [2.75, 3.05) is 4.72 Å². The molecule has 0 unspecified atom stereocenters. The van der Waals surface area contributed by atoms with E-state index in [0.29, 0.717) is 11.3 Å². The number of hydrogen-bond acceptors (Lipinski definition) is 7. The third-order valence-corrected chi connectivity index (χ3v) is 7.26. The molecule has 29 heavy (non-hydrogen) atoms. The first-order valence-electron chi connectivity index (χ1n) is 8.39. The van der Waals surface area contributed by atoms with E-state index in [1.807, 2.05) is 13.8 Å². The topological polar surface area (TPSA) is 113 Å². The number of ketones is 1. The lowest BCUT2D eigenvalue weighted by molar-refractivity contribution is 0.0993. The molecule has 10 heteroatoms. The molecular weight excluding hydrogens is 434 g/mol. The number of carbonyl (C=O) groups is 1. The average Bonchev–Trinajstić information content (AvgIpc) is 3.27. The number of nitrogens with one attached hydrogen (secondary N) is 1. The SMILES string of the molecule is Cc1cc(C#N)cc(C)c1CC(=O)c1sccc1S(=O)(=O)Nc1onc(C)c1Cl. The molecule has 0 aliphatic heterocycles. The Hall–Kier alpha value is -2.67. The van der Waals surface area contributed by atoms with E-state index in [4.69, 9.17) is 21.4 Å². The highest BCUT2D eigenvalue weighted by molar-refractivity contribution is 7.93. The standard InChI is InChI=1S/C19H16ClN3O4S2/c1-10-6-13(9-21)7-11(2)14(10)8-15(24)18-16(4-5-28-18)29(25,26)23-19-17(20)12(3)22-27-19/h4-7,23H,8H2,1-3H3. The highest BCUT2D eigenvalue weighted by Gasteiger charge is 2.27. The zero-order valence-electron chi connectivity index (χ0n) is 15.7. The maximum atomic E-state index is 12.9. The van der Waals surface area contributed by atoms with Crippen LogP contribution >= 0.6 is 22.9 Å². The van der Waals surface area contributed by atoms with Crippen LogP contribution < -0.4 is 4.72 Å². The molecule has 150 valence electrons. The quantitative estimate of drug-likeness (QED) is 0.557. The van der Waals surface area contributed by atoms with Crippen LogP contribution in [0.1, 0.15) is 37.6 Å². The summed E-state index contributed by atoms with van der Waals surface area (Å²) in [5.41, 5.74) is 3.24. The minimum Gasteiger partial charge on any atom is -0.336 e. The molecule has 2 aromatic heterocycles. The van der Waals surface area contributed by atoms with Crippen LogP contribution in [-0.2, 0) is 16.4 Å². The number of halogens is 1. The van der Waals surface area contributed by atoms with Crippen LogP contribution in [0.25, 0.3) is 0 Å². The summed E-state index contributed by atoms with van der Waals surface area (Å²) in [6.45, 7) is 5.21. The Morgan fingerprint density at radius 3 is 2.52 bits per heavy atom. The van der Waals surface area contributed by atoms with Gasteiger partial charge in [0.15, 0.2) is 5.78 Å². The second kappa shape index (κ2) is 7.99. The van der Waals surface area contributed by atoms with Crippen molar-refractivity contribution in [2.24, 2.45) is 0 Å². The third-order valence-electron chi connectivity index (χ3n) is 4.35. The first-order chi connectivity index (χ1) is 13.6. The van der Waals surface area contributed by atoms with Gasteiger partial charge >= 0.3 is 0 Å². The summed E-state index contributed by atoms with van der Waals surface area (Å²) < 4.78 is 32.7. The molecule has 0 aliphatic carbocycles. The van der Waals surface area contributed by atoms with E-state index in [1.54, 1.807) is 19.1 Å². The van der Waals surface area contributed by atoms with E-state index in [-0.39, 0.29) is 32.9 Å². The molecule has 0 amide bonds. The van der Waals surface area contributed by atoms with Gasteiger partial charge in [0.1, 0.15) is 15.6 Å². The Kier molecular flexibility index (Phi) is 5.80. The highest BCUT2D eigenvalue weighted by Crippen LogP contribution is 2.30. The fourth-order valence-electron chi connectivity index (χ4n) is 2.89. The lowest BCUT2D eigenvalue weighted by Gasteiger charge is -2.11. The van der Waals surface area contributed by atoms with Crippen LogP contribution in [0.3, 0.4) is 0 Å². The van der Waals surface area contributed by atoms with Gasteiger partial charge in [-0.05, 0) is 61.0 Å². The summed E-state index contributed by atoms with van der Waals surface area (Å²) in [5, 5.41) is 14.3. The van der Waals surface area contributed by atoms with E-state index in [0.717, 1.165) is 28.0 Å². The largest absolute Gasteiger partial charge is 0.336 e. The number of benzene rings is 1. The number of aromatic nitrogens is 1. The molecule has 7 nitrogen and oxygen atoms in total. The molecular formula is C19H16ClN3O4S2. The zero-order valence-corrected chi connectivity index (χ0v) is 18.1. The number of aryl methyl sites for hydroxylation is 3. The number of hydrogen-bond donors (Lipinski definition) is 1. The molecule has 0 saturated heterocycles. The van der Waals surface area contributed by atoms with Gasteiger partial charge in [-0.3, -0.25) is 4.79 Å². The molecule has 0 aliphatic rings. The Morgan fingerprint density at radius 1 is 1.31 bits per heavy atom. The van der Waals surface area contributed by atoms with Crippen molar-refractivity contribution in [3.63, 3.8) is 0 Å². The van der Waals surface area contributed by atoms with Crippen LogP contribution in [0.5, 0.6) is 0 Å². The Morgan fingerprint density at radius 2 is 1.97 bits per heavy atom. The van der Waals surface area contributed by atoms with Gasteiger partial charge in [-0.2, -0.15) is 5.26 Å². The van der Waals surface area contributed by atoms with Crippen LogP contribution in [0.4, 0.5) is 5.88 Å². The normalized spacial score (nSPS) is 11.3. The number of carbonyl (C=O) groups excluding carboxylic acids is 1. The number of Topliss-reactive ketones (excluding diaryl/α,β-unsaturated/α-hetero) is 1. The smallest absolute Gasteiger partial charge is 0.265 e. The summed E-state index contributed by atoms with van der Waals surface area (Å²) in [7, 11) is -4.10. The van der Waals surface area contributed by atoms with Gasteiger partial charge < -0.3 is 4.52 Å². The molecule has 0 radical (unpaired) electrons. The number of anilines is 1. The lowest BCUT2D eigenvalue weighted by atomic mass is 9.95. The van der Waals surface area contributed by atoms with E-state index >= 15 is 0 Å². The van der Waals surface area contributed by atoms with Crippen LogP contribution in [0.2, 0.25) is 5.02 Å². The summed E-state index contributed by atoms with van der Waals surface area (Å²) in [6, 6.07) is 6.85. The lowest BCUT2D eigenvalue weighted by Crippen LogP contribution is -2.16. The molecule has 3 rings (SSSR count). The maximum absolute atomic E-state index is 12.9. The number of nitriles is 1. The summed E-state index contributed by atoms with van der Waals surface area (Å²) in [6.07, 6.45) is 0.0224. The Bertz CT molecular complexity index is 1230. The molecule has 0 fully saturated rings. The van der Waals surface area contributed by atoms with Gasteiger partial charge in [-0.15, -0.1) is 11.3 Å². The van der Waals surface area contributed by atoms with E-state index in [2.05, 4.69) is 15.9 Å². The number of sulfonamides is 1. The van der Waals surface area contributed by atoms with Crippen molar-refractivity contribution < 1.29 is 17.7 Å². The van der Waals surface area contributed by atoms with Crippen LogP contribution in [0, 0.1) is 32.1 Å². The van der Waals surface area contributed by atoms with Crippen LogP contribution in [0.15, 0.2) is 33.0 Å². The van der Waals surface area contributed by atoms with Crippen molar-refractivity contribution in [1.82, 2.24) is 5.16 Å². The molecule has 0 atom stereocenters. The fraction of sp³-hybridized carbons (Fsp3) is 0.211. The van der Waals surface area contributed by atoms with Gasteiger partial charge in [0.25, 0.3) is 15.9 Å². The summed E-state index contributed by atoms with van der Waals surface area (Å²) >= 11 is 7.02. The van der Waals surface area contributed by atoms with E-state index < -0.39 is 10.0 Å². The molecule has 1 aromatic carbocycles. The summed E-state index contributed by atoms with van der Waals surface area (Å²) in [5.74, 6) is -0.538. The van der Waals surface area contributed by atoms with Gasteiger partial charge in [-0.25, -0.2) is 13.1 Å². The van der Waals surface area contributed by atoms with Crippen molar-refractivity contribution >= 4 is 44.6 Å².